The minimum Gasteiger partial charge on any atom is -0.493 e. The number of piperidine rings is 1. The maximum atomic E-state index is 12.3. The normalized spacial score (nSPS) is 19.8. The first-order chi connectivity index (χ1) is 11.9. The van der Waals surface area contributed by atoms with Gasteiger partial charge in [0.2, 0.25) is 0 Å². The van der Waals surface area contributed by atoms with Crippen LogP contribution in [-0.2, 0) is 6.54 Å². The van der Waals surface area contributed by atoms with Crippen LogP contribution in [0.4, 0.5) is 13.2 Å². The molecule has 1 aromatic carbocycles. The van der Waals surface area contributed by atoms with Crippen molar-refractivity contribution in [2.75, 3.05) is 26.8 Å². The molecule has 1 heterocycles. The van der Waals surface area contributed by atoms with E-state index in [9.17, 15) is 13.2 Å². The van der Waals surface area contributed by atoms with E-state index in [4.69, 9.17) is 9.47 Å². The Morgan fingerprint density at radius 3 is 2.44 bits per heavy atom. The van der Waals surface area contributed by atoms with Gasteiger partial charge in [0.05, 0.1) is 7.11 Å². The molecule has 2 aliphatic rings. The molecule has 0 unspecified atom stereocenters. The number of rotatable bonds is 7. The van der Waals surface area contributed by atoms with E-state index in [1.807, 2.05) is 0 Å². The third-order valence-electron chi connectivity index (χ3n) is 4.81. The number of nitrogens with zero attached hydrogens (tertiary/aromatic N) is 1. The molecule has 0 atom stereocenters. The number of hydrogen-bond donors (Lipinski definition) is 1. The molecule has 1 saturated carbocycles. The van der Waals surface area contributed by atoms with Crippen molar-refractivity contribution in [3.8, 4) is 11.5 Å². The Morgan fingerprint density at radius 1 is 1.12 bits per heavy atom. The zero-order valence-corrected chi connectivity index (χ0v) is 14.4. The summed E-state index contributed by atoms with van der Waals surface area (Å²) in [6, 6.07) is 6.37. The molecule has 0 bridgehead atoms. The number of benzene rings is 1. The Kier molecular flexibility index (Phi) is 5.74. The fourth-order valence-electron chi connectivity index (χ4n) is 3.27. The number of methoxy groups -OCH3 is 1. The van der Waals surface area contributed by atoms with Gasteiger partial charge in [0.15, 0.2) is 18.1 Å². The first kappa shape index (κ1) is 18.3. The van der Waals surface area contributed by atoms with Gasteiger partial charge in [-0.2, -0.15) is 13.2 Å². The molecule has 25 heavy (non-hydrogen) atoms. The van der Waals surface area contributed by atoms with Crippen molar-refractivity contribution in [3.05, 3.63) is 23.8 Å². The molecule has 1 aliphatic carbocycles. The standard InChI is InChI=1S/C18H25F3N2O2/c1-24-17-10-13(2-5-16(17)25-12-18(19,20)21)11-22-14-6-8-23(9-7-14)15-3-4-15/h2,5,10,14-15,22H,3-4,6-9,11-12H2,1H3. The van der Waals surface area contributed by atoms with Gasteiger partial charge in [-0.05, 0) is 56.5 Å². The second-order valence-corrected chi connectivity index (χ2v) is 6.81. The Hall–Kier alpha value is -1.47. The Labute approximate surface area is 146 Å². The molecular weight excluding hydrogens is 333 g/mol. The van der Waals surface area contributed by atoms with Gasteiger partial charge in [-0.15, -0.1) is 0 Å². The van der Waals surface area contributed by atoms with Crippen LogP contribution in [0.25, 0.3) is 0 Å². The molecule has 1 aliphatic heterocycles. The second-order valence-electron chi connectivity index (χ2n) is 6.81. The molecule has 1 saturated heterocycles. The zero-order chi connectivity index (χ0) is 17.9. The summed E-state index contributed by atoms with van der Waals surface area (Å²) >= 11 is 0. The van der Waals surface area contributed by atoms with E-state index in [1.54, 1.807) is 12.1 Å². The van der Waals surface area contributed by atoms with Gasteiger partial charge in [0, 0.05) is 18.6 Å². The molecule has 2 fully saturated rings. The van der Waals surface area contributed by atoms with Crippen molar-refractivity contribution in [1.29, 1.82) is 0 Å². The fraction of sp³-hybridized carbons (Fsp3) is 0.667. The maximum Gasteiger partial charge on any atom is 0.422 e. The summed E-state index contributed by atoms with van der Waals surface area (Å²) in [6.07, 6.45) is 0.614. The van der Waals surface area contributed by atoms with Crippen LogP contribution in [0.15, 0.2) is 18.2 Å². The number of hydrogen-bond acceptors (Lipinski definition) is 4. The quantitative estimate of drug-likeness (QED) is 0.811. The average molecular weight is 358 g/mol. The summed E-state index contributed by atoms with van der Waals surface area (Å²) < 4.78 is 46.8. The SMILES string of the molecule is COc1cc(CNC2CCN(C3CC3)CC2)ccc1OCC(F)(F)F. The predicted octanol–water partition coefficient (Wildman–Crippen LogP) is 3.35. The van der Waals surface area contributed by atoms with Crippen LogP contribution in [0.5, 0.6) is 11.5 Å². The highest BCUT2D eigenvalue weighted by Crippen LogP contribution is 2.31. The van der Waals surface area contributed by atoms with Crippen LogP contribution in [0.3, 0.4) is 0 Å². The van der Waals surface area contributed by atoms with Gasteiger partial charge in [0.25, 0.3) is 0 Å². The van der Waals surface area contributed by atoms with E-state index >= 15 is 0 Å². The third kappa shape index (κ3) is 5.51. The molecule has 7 heteroatoms. The molecular formula is C18H25F3N2O2. The molecule has 3 rings (SSSR count). The molecule has 0 radical (unpaired) electrons. The summed E-state index contributed by atoms with van der Waals surface area (Å²) in [6.45, 7) is 1.65. The lowest BCUT2D eigenvalue weighted by atomic mass is 10.0. The average Bonchev–Trinajstić information content (AvgIpc) is 3.43. The lowest BCUT2D eigenvalue weighted by Crippen LogP contribution is -2.43. The summed E-state index contributed by atoms with van der Waals surface area (Å²) in [4.78, 5) is 2.58. The minimum atomic E-state index is -4.36. The van der Waals surface area contributed by atoms with Gasteiger partial charge in [-0.3, -0.25) is 0 Å². The maximum absolute atomic E-state index is 12.3. The second kappa shape index (κ2) is 7.83. The van der Waals surface area contributed by atoms with Gasteiger partial charge in [0.1, 0.15) is 0 Å². The minimum absolute atomic E-state index is 0.112. The van der Waals surface area contributed by atoms with Crippen molar-refractivity contribution < 1.29 is 22.6 Å². The number of nitrogens with one attached hydrogen (secondary N) is 1. The molecule has 0 amide bonds. The molecule has 1 N–H and O–H groups in total. The highest BCUT2D eigenvalue weighted by molar-refractivity contribution is 5.43. The molecule has 0 spiro atoms. The Balaban J connectivity index is 1.49. The lowest BCUT2D eigenvalue weighted by Gasteiger charge is -2.32. The molecule has 1 aromatic rings. The van der Waals surface area contributed by atoms with Gasteiger partial charge >= 0.3 is 6.18 Å². The summed E-state index contributed by atoms with van der Waals surface area (Å²) in [7, 11) is 1.43. The van der Waals surface area contributed by atoms with Crippen LogP contribution < -0.4 is 14.8 Å². The highest BCUT2D eigenvalue weighted by Gasteiger charge is 2.31. The van der Waals surface area contributed by atoms with E-state index in [1.165, 1.54) is 26.0 Å². The topological polar surface area (TPSA) is 33.7 Å². The van der Waals surface area contributed by atoms with Crippen LogP contribution in [-0.4, -0.2) is 50.0 Å². The van der Waals surface area contributed by atoms with Gasteiger partial charge in [-0.25, -0.2) is 0 Å². The molecule has 4 nitrogen and oxygen atoms in total. The highest BCUT2D eigenvalue weighted by atomic mass is 19.4. The van der Waals surface area contributed by atoms with E-state index < -0.39 is 12.8 Å². The van der Waals surface area contributed by atoms with Crippen molar-refractivity contribution in [1.82, 2.24) is 10.2 Å². The van der Waals surface area contributed by atoms with Gasteiger partial charge < -0.3 is 19.7 Å². The smallest absolute Gasteiger partial charge is 0.422 e. The number of halogens is 3. The Bertz CT molecular complexity index is 568. The van der Waals surface area contributed by atoms with Crippen LogP contribution in [0.1, 0.15) is 31.2 Å². The van der Waals surface area contributed by atoms with Gasteiger partial charge in [-0.1, -0.05) is 6.07 Å². The van der Waals surface area contributed by atoms with E-state index in [0.29, 0.717) is 18.3 Å². The third-order valence-corrected chi connectivity index (χ3v) is 4.81. The summed E-state index contributed by atoms with van der Waals surface area (Å²) in [5, 5.41) is 3.54. The fourth-order valence-corrected chi connectivity index (χ4v) is 3.27. The van der Waals surface area contributed by atoms with Crippen LogP contribution in [0, 0.1) is 0 Å². The van der Waals surface area contributed by atoms with E-state index in [-0.39, 0.29) is 5.75 Å². The number of alkyl halides is 3. The van der Waals surface area contributed by atoms with Crippen molar-refractivity contribution in [2.45, 2.75) is 50.5 Å². The molecule has 140 valence electrons. The number of likely N-dealkylation sites (tertiary alicyclic amines) is 1. The first-order valence-corrected chi connectivity index (χ1v) is 8.78. The van der Waals surface area contributed by atoms with Crippen molar-refractivity contribution in [2.24, 2.45) is 0 Å². The first-order valence-electron chi connectivity index (χ1n) is 8.78. The largest absolute Gasteiger partial charge is 0.493 e. The lowest BCUT2D eigenvalue weighted by molar-refractivity contribution is -0.153. The predicted molar refractivity (Wildman–Crippen MR) is 89.0 cm³/mol. The van der Waals surface area contributed by atoms with E-state index in [0.717, 1.165) is 37.5 Å². The van der Waals surface area contributed by atoms with Crippen LogP contribution in [0.2, 0.25) is 0 Å². The Morgan fingerprint density at radius 2 is 1.84 bits per heavy atom. The zero-order valence-electron chi connectivity index (χ0n) is 14.4. The van der Waals surface area contributed by atoms with Crippen molar-refractivity contribution in [3.63, 3.8) is 0 Å². The summed E-state index contributed by atoms with van der Waals surface area (Å²) in [5.74, 6) is 0.438. The van der Waals surface area contributed by atoms with Crippen LogP contribution >= 0.6 is 0 Å². The number of ether oxygens (including phenoxy) is 2. The van der Waals surface area contributed by atoms with Crippen molar-refractivity contribution >= 4 is 0 Å². The van der Waals surface area contributed by atoms with E-state index in [2.05, 4.69) is 10.2 Å². The summed E-state index contributed by atoms with van der Waals surface area (Å²) in [5.41, 5.74) is 0.973. The monoisotopic (exact) mass is 358 g/mol. The molecule has 0 aromatic heterocycles.